The molecule has 80 valence electrons. The van der Waals surface area contributed by atoms with E-state index in [-0.39, 0.29) is 0 Å². The zero-order valence-corrected chi connectivity index (χ0v) is 9.27. The summed E-state index contributed by atoms with van der Waals surface area (Å²) < 4.78 is 0. The number of aromatic nitrogens is 2. The quantitative estimate of drug-likeness (QED) is 0.590. The SMILES string of the molecule is C/C=C\C=C/CCNc1nccc(C)n1. The van der Waals surface area contributed by atoms with Gasteiger partial charge in [-0.2, -0.15) is 0 Å². The Labute approximate surface area is 91.0 Å². The lowest BCUT2D eigenvalue weighted by Crippen LogP contribution is -2.04. The minimum absolute atomic E-state index is 0.703. The number of nitrogens with zero attached hydrogens (tertiary/aromatic N) is 2. The molecular formula is C12H17N3. The zero-order chi connectivity index (χ0) is 10.9. The molecule has 3 nitrogen and oxygen atoms in total. The molecule has 0 bridgehead atoms. The predicted octanol–water partition coefficient (Wildman–Crippen LogP) is 2.72. The van der Waals surface area contributed by atoms with Crippen LogP contribution in [0.15, 0.2) is 36.6 Å². The van der Waals surface area contributed by atoms with Crippen LogP contribution in [0.1, 0.15) is 19.0 Å². The minimum Gasteiger partial charge on any atom is -0.354 e. The molecule has 0 aliphatic carbocycles. The fourth-order valence-electron chi connectivity index (χ4n) is 1.09. The summed E-state index contributed by atoms with van der Waals surface area (Å²) in [5.41, 5.74) is 0.983. The molecule has 15 heavy (non-hydrogen) atoms. The van der Waals surface area contributed by atoms with E-state index in [9.17, 15) is 0 Å². The summed E-state index contributed by atoms with van der Waals surface area (Å²) in [6, 6.07) is 1.89. The normalized spacial score (nSPS) is 11.3. The lowest BCUT2D eigenvalue weighted by Gasteiger charge is -2.02. The molecule has 0 aliphatic rings. The first kappa shape index (κ1) is 11.4. The Bertz CT molecular complexity index is 342. The van der Waals surface area contributed by atoms with Gasteiger partial charge in [0.2, 0.25) is 5.95 Å². The molecule has 0 amide bonds. The Morgan fingerprint density at radius 1 is 1.40 bits per heavy atom. The number of nitrogens with one attached hydrogen (secondary N) is 1. The molecule has 0 aromatic carbocycles. The van der Waals surface area contributed by atoms with Gasteiger partial charge in [-0.05, 0) is 26.3 Å². The zero-order valence-electron chi connectivity index (χ0n) is 9.27. The largest absolute Gasteiger partial charge is 0.354 e. The van der Waals surface area contributed by atoms with Gasteiger partial charge in [0, 0.05) is 18.4 Å². The van der Waals surface area contributed by atoms with Gasteiger partial charge in [0.25, 0.3) is 0 Å². The van der Waals surface area contributed by atoms with E-state index < -0.39 is 0 Å². The molecule has 0 atom stereocenters. The van der Waals surface area contributed by atoms with Crippen molar-refractivity contribution < 1.29 is 0 Å². The second-order valence-electron chi connectivity index (χ2n) is 3.19. The van der Waals surface area contributed by atoms with Gasteiger partial charge in [-0.3, -0.25) is 0 Å². The highest BCUT2D eigenvalue weighted by molar-refractivity contribution is 5.24. The van der Waals surface area contributed by atoms with Crippen molar-refractivity contribution in [3.05, 3.63) is 42.3 Å². The Hall–Kier alpha value is -1.64. The van der Waals surface area contributed by atoms with E-state index in [1.807, 2.05) is 38.1 Å². The summed E-state index contributed by atoms with van der Waals surface area (Å²) in [6.45, 7) is 4.82. The molecule has 0 saturated carbocycles. The van der Waals surface area contributed by atoms with Crippen molar-refractivity contribution >= 4 is 5.95 Å². The van der Waals surface area contributed by atoms with Crippen molar-refractivity contribution in [2.45, 2.75) is 20.3 Å². The number of hydrogen-bond donors (Lipinski definition) is 1. The molecule has 0 spiro atoms. The van der Waals surface area contributed by atoms with Crippen LogP contribution < -0.4 is 5.32 Å². The Kier molecular flexibility index (Phi) is 5.15. The molecule has 1 heterocycles. The molecule has 0 aliphatic heterocycles. The van der Waals surface area contributed by atoms with Crippen LogP contribution >= 0.6 is 0 Å². The third-order valence-electron chi connectivity index (χ3n) is 1.83. The summed E-state index contributed by atoms with van der Waals surface area (Å²) in [4.78, 5) is 8.36. The predicted molar refractivity (Wildman–Crippen MR) is 63.8 cm³/mol. The van der Waals surface area contributed by atoms with Crippen molar-refractivity contribution in [1.29, 1.82) is 0 Å². The summed E-state index contributed by atoms with van der Waals surface area (Å²) in [5.74, 6) is 0.703. The highest BCUT2D eigenvalue weighted by atomic mass is 15.1. The Morgan fingerprint density at radius 3 is 3.00 bits per heavy atom. The highest BCUT2D eigenvalue weighted by Gasteiger charge is 1.92. The second-order valence-corrected chi connectivity index (χ2v) is 3.19. The molecule has 0 fully saturated rings. The van der Waals surface area contributed by atoms with Gasteiger partial charge in [0.05, 0.1) is 0 Å². The Morgan fingerprint density at radius 2 is 2.27 bits per heavy atom. The minimum atomic E-state index is 0.703. The van der Waals surface area contributed by atoms with Gasteiger partial charge in [0.1, 0.15) is 0 Å². The van der Waals surface area contributed by atoms with Crippen LogP contribution in [0.2, 0.25) is 0 Å². The van der Waals surface area contributed by atoms with Crippen LogP contribution in [0.5, 0.6) is 0 Å². The molecule has 0 radical (unpaired) electrons. The van der Waals surface area contributed by atoms with E-state index in [0.717, 1.165) is 18.7 Å². The highest BCUT2D eigenvalue weighted by Crippen LogP contribution is 1.98. The lowest BCUT2D eigenvalue weighted by molar-refractivity contribution is 1.00. The fraction of sp³-hybridized carbons (Fsp3) is 0.333. The van der Waals surface area contributed by atoms with E-state index in [2.05, 4.69) is 21.4 Å². The number of aryl methyl sites for hydroxylation is 1. The maximum absolute atomic E-state index is 4.25. The van der Waals surface area contributed by atoms with Gasteiger partial charge < -0.3 is 5.32 Å². The molecule has 1 aromatic heterocycles. The number of anilines is 1. The summed E-state index contributed by atoms with van der Waals surface area (Å²) in [5, 5.41) is 3.16. The van der Waals surface area contributed by atoms with Crippen LogP contribution in [0, 0.1) is 6.92 Å². The number of rotatable bonds is 5. The lowest BCUT2D eigenvalue weighted by atomic mass is 10.3. The van der Waals surface area contributed by atoms with E-state index in [0.29, 0.717) is 5.95 Å². The second kappa shape index (κ2) is 6.76. The summed E-state index contributed by atoms with van der Waals surface area (Å²) in [6.07, 6.45) is 10.9. The third-order valence-corrected chi connectivity index (χ3v) is 1.83. The van der Waals surface area contributed by atoms with Crippen molar-refractivity contribution in [1.82, 2.24) is 9.97 Å². The van der Waals surface area contributed by atoms with Gasteiger partial charge in [0.15, 0.2) is 0 Å². The van der Waals surface area contributed by atoms with Crippen molar-refractivity contribution in [2.24, 2.45) is 0 Å². The maximum atomic E-state index is 4.25. The first-order chi connectivity index (χ1) is 7.33. The van der Waals surface area contributed by atoms with Crippen molar-refractivity contribution in [3.63, 3.8) is 0 Å². The van der Waals surface area contributed by atoms with Crippen LogP contribution in [0.25, 0.3) is 0 Å². The number of hydrogen-bond acceptors (Lipinski definition) is 3. The summed E-state index contributed by atoms with van der Waals surface area (Å²) >= 11 is 0. The van der Waals surface area contributed by atoms with E-state index in [4.69, 9.17) is 0 Å². The van der Waals surface area contributed by atoms with Gasteiger partial charge in [-0.25, -0.2) is 9.97 Å². The molecular weight excluding hydrogens is 186 g/mol. The first-order valence-electron chi connectivity index (χ1n) is 5.14. The molecule has 3 heteroatoms. The molecule has 1 N–H and O–H groups in total. The summed E-state index contributed by atoms with van der Waals surface area (Å²) in [7, 11) is 0. The van der Waals surface area contributed by atoms with Gasteiger partial charge in [-0.1, -0.05) is 24.3 Å². The topological polar surface area (TPSA) is 37.8 Å². The van der Waals surface area contributed by atoms with Crippen LogP contribution in [0.3, 0.4) is 0 Å². The average Bonchev–Trinajstić information content (AvgIpc) is 2.23. The molecule has 1 rings (SSSR count). The van der Waals surface area contributed by atoms with Gasteiger partial charge >= 0.3 is 0 Å². The fourth-order valence-corrected chi connectivity index (χ4v) is 1.09. The van der Waals surface area contributed by atoms with E-state index in [1.54, 1.807) is 6.20 Å². The molecule has 0 unspecified atom stereocenters. The molecule has 0 saturated heterocycles. The third kappa shape index (κ3) is 4.96. The van der Waals surface area contributed by atoms with E-state index >= 15 is 0 Å². The smallest absolute Gasteiger partial charge is 0.222 e. The average molecular weight is 203 g/mol. The standard InChI is InChI=1S/C12H17N3/c1-3-4-5-6-7-9-13-12-14-10-8-11(2)15-12/h3-6,8,10H,7,9H2,1-2H3,(H,13,14,15)/b4-3-,6-5-. The first-order valence-corrected chi connectivity index (χ1v) is 5.14. The van der Waals surface area contributed by atoms with Crippen molar-refractivity contribution in [3.8, 4) is 0 Å². The maximum Gasteiger partial charge on any atom is 0.222 e. The number of allylic oxidation sites excluding steroid dienone is 3. The van der Waals surface area contributed by atoms with Crippen LogP contribution in [-0.2, 0) is 0 Å². The Balaban J connectivity index is 2.26. The van der Waals surface area contributed by atoms with E-state index in [1.165, 1.54) is 0 Å². The monoisotopic (exact) mass is 203 g/mol. The molecule has 1 aromatic rings. The van der Waals surface area contributed by atoms with Crippen LogP contribution in [0.4, 0.5) is 5.95 Å². The van der Waals surface area contributed by atoms with Crippen LogP contribution in [-0.4, -0.2) is 16.5 Å². The van der Waals surface area contributed by atoms with Gasteiger partial charge in [-0.15, -0.1) is 0 Å². The van der Waals surface area contributed by atoms with Crippen molar-refractivity contribution in [2.75, 3.05) is 11.9 Å².